The number of phenols is 2. The minimum Gasteiger partial charge on any atom is -0.504 e. The van der Waals surface area contributed by atoms with Gasteiger partial charge >= 0.3 is 0 Å². The van der Waals surface area contributed by atoms with Crippen LogP contribution in [0.15, 0.2) is 12.1 Å². The second-order valence-electron chi connectivity index (χ2n) is 5.95. The first-order chi connectivity index (χ1) is 10.5. The van der Waals surface area contributed by atoms with Crippen molar-refractivity contribution in [2.45, 2.75) is 38.8 Å². The van der Waals surface area contributed by atoms with E-state index in [0.717, 1.165) is 24.0 Å². The molecule has 6 nitrogen and oxygen atoms in total. The van der Waals surface area contributed by atoms with Crippen LogP contribution in [0.25, 0.3) is 0 Å². The Kier molecular flexibility index (Phi) is 3.92. The Morgan fingerprint density at radius 2 is 1.23 bits per heavy atom. The summed E-state index contributed by atoms with van der Waals surface area (Å²) < 4.78 is 0. The first-order valence-corrected chi connectivity index (χ1v) is 7.64. The molecule has 22 heavy (non-hydrogen) atoms. The average Bonchev–Trinajstić information content (AvgIpc) is 3.05. The molecule has 0 aliphatic carbocycles. The molecule has 2 N–H and O–H groups in total. The van der Waals surface area contributed by atoms with E-state index in [1.165, 1.54) is 12.1 Å². The van der Waals surface area contributed by atoms with Crippen LogP contribution in [0.4, 0.5) is 0 Å². The lowest BCUT2D eigenvalue weighted by Crippen LogP contribution is -2.27. The third-order valence-electron chi connectivity index (χ3n) is 4.36. The zero-order chi connectivity index (χ0) is 15.7. The van der Waals surface area contributed by atoms with E-state index in [2.05, 4.69) is 0 Å². The van der Waals surface area contributed by atoms with Crippen LogP contribution in [-0.2, 0) is 22.7 Å². The van der Waals surface area contributed by atoms with Crippen LogP contribution in [0.3, 0.4) is 0 Å². The van der Waals surface area contributed by atoms with Crippen LogP contribution in [0.5, 0.6) is 11.5 Å². The van der Waals surface area contributed by atoms with E-state index in [1.807, 2.05) is 0 Å². The molecular formula is C16H20N2O4. The van der Waals surface area contributed by atoms with Gasteiger partial charge in [0.05, 0.1) is 0 Å². The van der Waals surface area contributed by atoms with Gasteiger partial charge in [-0.3, -0.25) is 9.59 Å². The van der Waals surface area contributed by atoms with Crippen molar-refractivity contribution >= 4 is 11.8 Å². The molecule has 1 aromatic carbocycles. The number of hydrogen-bond acceptors (Lipinski definition) is 4. The highest BCUT2D eigenvalue weighted by atomic mass is 16.3. The maximum absolute atomic E-state index is 11.8. The number of aromatic hydroxyl groups is 2. The summed E-state index contributed by atoms with van der Waals surface area (Å²) in [5.41, 5.74) is 1.57. The van der Waals surface area contributed by atoms with Gasteiger partial charge in [-0.05, 0) is 36.1 Å². The van der Waals surface area contributed by atoms with E-state index >= 15 is 0 Å². The summed E-state index contributed by atoms with van der Waals surface area (Å²) in [6, 6.07) is 2.99. The van der Waals surface area contributed by atoms with Gasteiger partial charge in [-0.15, -0.1) is 0 Å². The number of amides is 2. The van der Waals surface area contributed by atoms with Crippen molar-refractivity contribution in [1.29, 1.82) is 0 Å². The molecule has 0 atom stereocenters. The van der Waals surface area contributed by atoms with Crippen LogP contribution in [0.1, 0.15) is 36.8 Å². The molecule has 0 unspecified atom stereocenters. The van der Waals surface area contributed by atoms with Gasteiger partial charge in [0.15, 0.2) is 11.5 Å². The number of phenolic OH excluding ortho intramolecular Hbond substituents is 2. The largest absolute Gasteiger partial charge is 0.504 e. The number of hydrogen-bond donors (Lipinski definition) is 2. The second kappa shape index (κ2) is 5.87. The number of nitrogens with zero attached hydrogens (tertiary/aromatic N) is 2. The van der Waals surface area contributed by atoms with Gasteiger partial charge < -0.3 is 20.0 Å². The predicted molar refractivity (Wildman–Crippen MR) is 79.1 cm³/mol. The van der Waals surface area contributed by atoms with E-state index in [9.17, 15) is 19.8 Å². The molecule has 1 aromatic rings. The molecule has 2 aliphatic heterocycles. The Bertz CT molecular complexity index is 561. The van der Waals surface area contributed by atoms with Crippen LogP contribution < -0.4 is 0 Å². The molecule has 2 heterocycles. The number of rotatable bonds is 4. The second-order valence-corrected chi connectivity index (χ2v) is 5.95. The highest BCUT2D eigenvalue weighted by molar-refractivity contribution is 5.78. The Labute approximate surface area is 129 Å². The van der Waals surface area contributed by atoms with Crippen molar-refractivity contribution in [3.63, 3.8) is 0 Å². The zero-order valence-corrected chi connectivity index (χ0v) is 12.4. The molecule has 3 rings (SSSR count). The predicted octanol–water partition coefficient (Wildman–Crippen LogP) is 1.34. The van der Waals surface area contributed by atoms with Gasteiger partial charge in [0.25, 0.3) is 0 Å². The van der Waals surface area contributed by atoms with E-state index in [-0.39, 0.29) is 23.3 Å². The van der Waals surface area contributed by atoms with Gasteiger partial charge in [-0.1, -0.05) is 0 Å². The number of carbonyl (C=O) groups is 2. The van der Waals surface area contributed by atoms with E-state index in [1.54, 1.807) is 9.80 Å². The van der Waals surface area contributed by atoms with Gasteiger partial charge in [-0.25, -0.2) is 0 Å². The summed E-state index contributed by atoms with van der Waals surface area (Å²) in [7, 11) is 0. The number of carbonyl (C=O) groups excluding carboxylic acids is 2. The number of likely N-dealkylation sites (tertiary alicyclic amines) is 2. The summed E-state index contributed by atoms with van der Waals surface area (Å²) in [6.07, 6.45) is 2.82. The highest BCUT2D eigenvalue weighted by Gasteiger charge is 2.24. The van der Waals surface area contributed by atoms with Crippen molar-refractivity contribution in [2.75, 3.05) is 13.1 Å². The Morgan fingerprint density at radius 1 is 0.818 bits per heavy atom. The number of benzene rings is 1. The SMILES string of the molecule is O=C1CCCN1Cc1cc(O)c(O)cc1CN1CCCC1=O. The van der Waals surface area contributed by atoms with Crippen LogP contribution in [0, 0.1) is 0 Å². The molecule has 2 fully saturated rings. The highest BCUT2D eigenvalue weighted by Crippen LogP contribution is 2.31. The molecule has 0 bridgehead atoms. The fourth-order valence-electron chi connectivity index (χ4n) is 3.11. The Balaban J connectivity index is 1.84. The van der Waals surface area contributed by atoms with E-state index in [4.69, 9.17) is 0 Å². The minimum atomic E-state index is -0.196. The third-order valence-corrected chi connectivity index (χ3v) is 4.36. The van der Waals surface area contributed by atoms with Gasteiger partial charge in [0, 0.05) is 39.0 Å². The first-order valence-electron chi connectivity index (χ1n) is 7.64. The van der Waals surface area contributed by atoms with Gasteiger partial charge in [-0.2, -0.15) is 0 Å². The normalized spacial score (nSPS) is 18.5. The minimum absolute atomic E-state index is 0.107. The van der Waals surface area contributed by atoms with Crippen LogP contribution in [0.2, 0.25) is 0 Å². The van der Waals surface area contributed by atoms with Crippen molar-refractivity contribution in [1.82, 2.24) is 9.80 Å². The molecule has 2 aliphatic rings. The quantitative estimate of drug-likeness (QED) is 0.823. The molecule has 0 radical (unpaired) electrons. The molecule has 2 amide bonds. The van der Waals surface area contributed by atoms with Crippen molar-refractivity contribution in [3.8, 4) is 11.5 Å². The average molecular weight is 304 g/mol. The molecule has 6 heteroatoms. The Hall–Kier alpha value is -2.24. The standard InChI is InChI=1S/C16H20N2O4/c19-13-7-11(9-17-5-1-3-15(17)21)12(8-14(13)20)10-18-6-2-4-16(18)22/h7-8,19-20H,1-6,9-10H2. The lowest BCUT2D eigenvalue weighted by Gasteiger charge is -2.22. The van der Waals surface area contributed by atoms with Crippen molar-refractivity contribution < 1.29 is 19.8 Å². The van der Waals surface area contributed by atoms with Crippen molar-refractivity contribution in [3.05, 3.63) is 23.3 Å². The lowest BCUT2D eigenvalue weighted by atomic mass is 10.0. The summed E-state index contributed by atoms with van der Waals surface area (Å²) in [6.45, 7) is 2.24. The summed E-state index contributed by atoms with van der Waals surface area (Å²) >= 11 is 0. The third kappa shape index (κ3) is 2.86. The van der Waals surface area contributed by atoms with Gasteiger partial charge in [0.2, 0.25) is 11.8 Å². The smallest absolute Gasteiger partial charge is 0.222 e. The van der Waals surface area contributed by atoms with E-state index in [0.29, 0.717) is 39.0 Å². The molecule has 2 saturated heterocycles. The summed E-state index contributed by atoms with van der Waals surface area (Å²) in [5, 5.41) is 19.5. The summed E-state index contributed by atoms with van der Waals surface area (Å²) in [5.74, 6) is -0.178. The molecule has 0 aromatic heterocycles. The maximum atomic E-state index is 11.8. The van der Waals surface area contributed by atoms with Crippen LogP contribution >= 0.6 is 0 Å². The fourth-order valence-corrected chi connectivity index (χ4v) is 3.11. The maximum Gasteiger partial charge on any atom is 0.222 e. The topological polar surface area (TPSA) is 81.1 Å². The summed E-state index contributed by atoms with van der Waals surface area (Å²) in [4.78, 5) is 27.1. The molecule has 118 valence electrons. The van der Waals surface area contributed by atoms with E-state index < -0.39 is 0 Å². The molecule has 0 saturated carbocycles. The van der Waals surface area contributed by atoms with Crippen LogP contribution in [-0.4, -0.2) is 44.9 Å². The Morgan fingerprint density at radius 3 is 1.55 bits per heavy atom. The first kappa shape index (κ1) is 14.7. The zero-order valence-electron chi connectivity index (χ0n) is 12.4. The molecular weight excluding hydrogens is 284 g/mol. The van der Waals surface area contributed by atoms with Gasteiger partial charge in [0.1, 0.15) is 0 Å². The fraction of sp³-hybridized carbons (Fsp3) is 0.500. The van der Waals surface area contributed by atoms with Crippen molar-refractivity contribution in [2.24, 2.45) is 0 Å². The molecule has 0 spiro atoms. The monoisotopic (exact) mass is 304 g/mol. The lowest BCUT2D eigenvalue weighted by molar-refractivity contribution is -0.129.